The molecule has 1 fully saturated rings. The smallest absolute Gasteiger partial charge is 0.124 e. The van der Waals surface area contributed by atoms with Gasteiger partial charge in [0.1, 0.15) is 11.5 Å². The van der Waals surface area contributed by atoms with Gasteiger partial charge in [-0.05, 0) is 12.8 Å². The van der Waals surface area contributed by atoms with Gasteiger partial charge in [0.25, 0.3) is 0 Å². The predicted molar refractivity (Wildman–Crippen MR) is 56.1 cm³/mol. The maximum absolute atomic E-state index is 9.48. The summed E-state index contributed by atoms with van der Waals surface area (Å²) < 4.78 is 5.11. The molecule has 2 rings (SSSR count). The Morgan fingerprint density at radius 1 is 1.21 bits per heavy atom. The quantitative estimate of drug-likeness (QED) is 0.779. The number of ether oxygens (including phenoxy) is 1. The summed E-state index contributed by atoms with van der Waals surface area (Å²) >= 11 is 0. The lowest BCUT2D eigenvalue weighted by Gasteiger charge is -2.18. The molecule has 76 valence electrons. The zero-order chi connectivity index (χ0) is 9.97. The van der Waals surface area contributed by atoms with Crippen molar-refractivity contribution in [1.29, 1.82) is 0 Å². The van der Waals surface area contributed by atoms with E-state index in [9.17, 15) is 5.11 Å². The van der Waals surface area contributed by atoms with Gasteiger partial charge >= 0.3 is 0 Å². The number of aromatic hydroxyl groups is 1. The van der Waals surface area contributed by atoms with Gasteiger partial charge < -0.3 is 14.7 Å². The highest BCUT2D eigenvalue weighted by Gasteiger charge is 2.13. The highest BCUT2D eigenvalue weighted by atomic mass is 16.5. The van der Waals surface area contributed by atoms with Gasteiger partial charge in [0.2, 0.25) is 0 Å². The molecule has 0 radical (unpaired) electrons. The van der Waals surface area contributed by atoms with E-state index in [-0.39, 0.29) is 5.75 Å². The molecule has 14 heavy (non-hydrogen) atoms. The molecule has 0 bridgehead atoms. The van der Waals surface area contributed by atoms with Crippen LogP contribution in [0.15, 0.2) is 18.2 Å². The fourth-order valence-electron chi connectivity index (χ4n) is 1.84. The maximum Gasteiger partial charge on any atom is 0.124 e. The first kappa shape index (κ1) is 9.19. The minimum Gasteiger partial charge on any atom is -0.508 e. The van der Waals surface area contributed by atoms with Gasteiger partial charge in [-0.3, -0.25) is 0 Å². The van der Waals surface area contributed by atoms with Crippen LogP contribution in [0.3, 0.4) is 0 Å². The number of methoxy groups -OCH3 is 1. The third-order valence-electron chi connectivity index (χ3n) is 2.58. The lowest BCUT2D eigenvalue weighted by molar-refractivity contribution is 0.407. The molecule has 0 unspecified atom stereocenters. The van der Waals surface area contributed by atoms with E-state index < -0.39 is 0 Å². The molecule has 3 heteroatoms. The number of hydrogen-bond acceptors (Lipinski definition) is 3. The highest BCUT2D eigenvalue weighted by Crippen LogP contribution is 2.29. The van der Waals surface area contributed by atoms with Crippen molar-refractivity contribution in [2.45, 2.75) is 12.8 Å². The number of nitrogens with zero attached hydrogens (tertiary/aromatic N) is 1. The SMILES string of the molecule is COc1cc(O)cc(N2CCCC2)c1. The summed E-state index contributed by atoms with van der Waals surface area (Å²) in [5.74, 6) is 0.984. The molecule has 3 nitrogen and oxygen atoms in total. The van der Waals surface area contributed by atoms with Crippen molar-refractivity contribution in [3.05, 3.63) is 18.2 Å². The second-order valence-corrected chi connectivity index (χ2v) is 3.58. The first-order chi connectivity index (χ1) is 6.79. The Morgan fingerprint density at radius 2 is 1.93 bits per heavy atom. The molecule has 0 aliphatic carbocycles. The molecular formula is C11H15NO2. The monoisotopic (exact) mass is 193 g/mol. The third-order valence-corrected chi connectivity index (χ3v) is 2.58. The zero-order valence-corrected chi connectivity index (χ0v) is 8.36. The topological polar surface area (TPSA) is 32.7 Å². The van der Waals surface area contributed by atoms with Crippen molar-refractivity contribution in [3.63, 3.8) is 0 Å². The van der Waals surface area contributed by atoms with Gasteiger partial charge in [-0.15, -0.1) is 0 Å². The predicted octanol–water partition coefficient (Wildman–Crippen LogP) is 2.00. The molecule has 1 saturated heterocycles. The highest BCUT2D eigenvalue weighted by molar-refractivity contribution is 5.55. The number of phenolic OH excluding ortho intramolecular Hbond substituents is 1. The summed E-state index contributed by atoms with van der Waals surface area (Å²) in [5, 5.41) is 9.48. The lowest BCUT2D eigenvalue weighted by Crippen LogP contribution is -2.17. The first-order valence-electron chi connectivity index (χ1n) is 4.92. The van der Waals surface area contributed by atoms with Gasteiger partial charge in [-0.25, -0.2) is 0 Å². The molecule has 1 aliphatic rings. The van der Waals surface area contributed by atoms with Crippen LogP contribution in [-0.2, 0) is 0 Å². The van der Waals surface area contributed by atoms with Crippen LogP contribution < -0.4 is 9.64 Å². The van der Waals surface area contributed by atoms with Gasteiger partial charge in [0.15, 0.2) is 0 Å². The molecule has 1 aromatic rings. The Morgan fingerprint density at radius 3 is 2.57 bits per heavy atom. The Hall–Kier alpha value is -1.38. The molecular weight excluding hydrogens is 178 g/mol. The van der Waals surface area contributed by atoms with Gasteiger partial charge in [0, 0.05) is 37.0 Å². The average molecular weight is 193 g/mol. The van der Waals surface area contributed by atoms with Gasteiger partial charge in [0.05, 0.1) is 7.11 Å². The van der Waals surface area contributed by atoms with Crippen LogP contribution in [0.2, 0.25) is 0 Å². The van der Waals surface area contributed by atoms with Crippen LogP contribution in [0.1, 0.15) is 12.8 Å². The van der Waals surface area contributed by atoms with Crippen LogP contribution in [0, 0.1) is 0 Å². The van der Waals surface area contributed by atoms with E-state index in [1.54, 1.807) is 19.2 Å². The van der Waals surface area contributed by atoms with Crippen molar-refractivity contribution in [1.82, 2.24) is 0 Å². The number of rotatable bonds is 2. The second-order valence-electron chi connectivity index (χ2n) is 3.58. The summed E-state index contributed by atoms with van der Waals surface area (Å²) in [4.78, 5) is 2.27. The summed E-state index contributed by atoms with van der Waals surface area (Å²) in [5.41, 5.74) is 1.05. The van der Waals surface area contributed by atoms with Crippen molar-refractivity contribution in [2.24, 2.45) is 0 Å². The third kappa shape index (κ3) is 1.76. The maximum atomic E-state index is 9.48. The van der Waals surface area contributed by atoms with E-state index in [1.807, 2.05) is 6.07 Å². The number of hydrogen-bond donors (Lipinski definition) is 1. The Balaban J connectivity index is 2.27. The van der Waals surface area contributed by atoms with Crippen LogP contribution in [-0.4, -0.2) is 25.3 Å². The summed E-state index contributed by atoms with van der Waals surface area (Å²) in [6.45, 7) is 2.15. The molecule has 1 heterocycles. The Labute approximate surface area is 83.9 Å². The lowest BCUT2D eigenvalue weighted by atomic mass is 10.2. The first-order valence-corrected chi connectivity index (χ1v) is 4.92. The average Bonchev–Trinajstić information content (AvgIpc) is 2.69. The van der Waals surface area contributed by atoms with E-state index in [4.69, 9.17) is 4.74 Å². The summed E-state index contributed by atoms with van der Waals surface area (Å²) in [6.07, 6.45) is 2.47. The van der Waals surface area contributed by atoms with E-state index in [0.29, 0.717) is 5.75 Å². The number of phenols is 1. The number of benzene rings is 1. The van der Waals surface area contributed by atoms with Crippen molar-refractivity contribution in [3.8, 4) is 11.5 Å². The molecule has 1 N–H and O–H groups in total. The fraction of sp³-hybridized carbons (Fsp3) is 0.455. The minimum atomic E-state index is 0.270. The molecule has 0 saturated carbocycles. The van der Waals surface area contributed by atoms with Gasteiger partial charge in [-0.2, -0.15) is 0 Å². The van der Waals surface area contributed by atoms with Crippen molar-refractivity contribution >= 4 is 5.69 Å². The van der Waals surface area contributed by atoms with Crippen LogP contribution >= 0.6 is 0 Å². The molecule has 0 amide bonds. The van der Waals surface area contributed by atoms with Crippen LogP contribution in [0.25, 0.3) is 0 Å². The molecule has 1 aliphatic heterocycles. The molecule has 0 aromatic heterocycles. The number of anilines is 1. The largest absolute Gasteiger partial charge is 0.508 e. The Bertz CT molecular complexity index is 319. The van der Waals surface area contributed by atoms with Crippen molar-refractivity contribution < 1.29 is 9.84 Å². The van der Waals surface area contributed by atoms with Gasteiger partial charge in [-0.1, -0.05) is 0 Å². The summed E-state index contributed by atoms with van der Waals surface area (Å²) in [7, 11) is 1.61. The Kier molecular flexibility index (Phi) is 2.48. The molecule has 1 aromatic carbocycles. The summed E-state index contributed by atoms with van der Waals surface area (Å²) in [6, 6.07) is 5.37. The standard InChI is InChI=1S/C11H15NO2/c1-14-11-7-9(6-10(13)8-11)12-4-2-3-5-12/h6-8,13H,2-5H2,1H3. The van der Waals surface area contributed by atoms with Crippen LogP contribution in [0.4, 0.5) is 5.69 Å². The second kappa shape index (κ2) is 3.78. The molecule has 0 spiro atoms. The van der Waals surface area contributed by atoms with E-state index in [1.165, 1.54) is 12.8 Å². The van der Waals surface area contributed by atoms with E-state index in [2.05, 4.69) is 4.90 Å². The van der Waals surface area contributed by atoms with Crippen molar-refractivity contribution in [2.75, 3.05) is 25.1 Å². The van der Waals surface area contributed by atoms with E-state index >= 15 is 0 Å². The van der Waals surface area contributed by atoms with E-state index in [0.717, 1.165) is 18.8 Å². The minimum absolute atomic E-state index is 0.270. The normalized spacial score (nSPS) is 15.9. The zero-order valence-electron chi connectivity index (χ0n) is 8.36. The molecule has 0 atom stereocenters. The van der Waals surface area contributed by atoms with Crippen LogP contribution in [0.5, 0.6) is 11.5 Å². The fourth-order valence-corrected chi connectivity index (χ4v) is 1.84.